The predicted octanol–water partition coefficient (Wildman–Crippen LogP) is 2.71. The van der Waals surface area contributed by atoms with Crippen LogP contribution in [-0.4, -0.2) is 13.0 Å². The van der Waals surface area contributed by atoms with Crippen molar-refractivity contribution >= 4 is 17.3 Å². The van der Waals surface area contributed by atoms with E-state index >= 15 is 0 Å². The molecule has 0 atom stereocenters. The first-order valence-corrected chi connectivity index (χ1v) is 4.34. The Morgan fingerprint density at radius 3 is 2.14 bits per heavy atom. The number of hydrogen-bond acceptors (Lipinski definition) is 2. The molecule has 3 heteroatoms. The fourth-order valence-electron chi connectivity index (χ4n) is 0.970. The Balaban J connectivity index is 0.00000169. The topological polar surface area (TPSA) is 41.1 Å². The molecule has 0 aromatic heterocycles. The van der Waals surface area contributed by atoms with Crippen LogP contribution in [0, 0.1) is 0 Å². The third-order valence-electron chi connectivity index (χ3n) is 1.78. The molecule has 0 saturated heterocycles. The van der Waals surface area contributed by atoms with Gasteiger partial charge < -0.3 is 10.6 Å². The molecule has 0 radical (unpaired) electrons. The second-order valence-electron chi connectivity index (χ2n) is 2.73. The van der Waals surface area contributed by atoms with Crippen LogP contribution in [-0.2, 0) is 4.79 Å². The lowest BCUT2D eigenvalue weighted by molar-refractivity contribution is -0.115. The molecule has 0 unspecified atom stereocenters. The minimum Gasteiger partial charge on any atom is -0.388 e. The summed E-state index contributed by atoms with van der Waals surface area (Å²) in [5, 5.41) is 5.78. The molecular formula is C11H18N2O. The Hall–Kier alpha value is -1.51. The summed E-state index contributed by atoms with van der Waals surface area (Å²) >= 11 is 0. The van der Waals surface area contributed by atoms with Gasteiger partial charge in [-0.3, -0.25) is 4.79 Å². The Kier molecular flexibility index (Phi) is 5.37. The zero-order valence-corrected chi connectivity index (χ0v) is 7.92. The second kappa shape index (κ2) is 6.02. The van der Waals surface area contributed by atoms with Gasteiger partial charge in [0.1, 0.15) is 0 Å². The number of carbonyl (C=O) groups excluding carboxylic acids is 1. The summed E-state index contributed by atoms with van der Waals surface area (Å²) < 4.78 is 0. The highest BCUT2D eigenvalue weighted by Crippen LogP contribution is 2.12. The third-order valence-corrected chi connectivity index (χ3v) is 1.78. The molecule has 3 nitrogen and oxygen atoms in total. The van der Waals surface area contributed by atoms with Gasteiger partial charge in [-0.1, -0.05) is 14.4 Å². The SMILES string of the molecule is C.CCC(=O)Nc1ccc(NC)cc1. The molecule has 0 bridgehead atoms. The fraction of sp³-hybridized carbons (Fsp3) is 0.364. The van der Waals surface area contributed by atoms with Crippen molar-refractivity contribution in [2.24, 2.45) is 0 Å². The molecule has 0 aliphatic heterocycles. The summed E-state index contributed by atoms with van der Waals surface area (Å²) in [5.41, 5.74) is 1.88. The maximum Gasteiger partial charge on any atom is 0.224 e. The van der Waals surface area contributed by atoms with Crippen molar-refractivity contribution in [1.82, 2.24) is 0 Å². The summed E-state index contributed by atoms with van der Waals surface area (Å²) in [6, 6.07) is 7.59. The van der Waals surface area contributed by atoms with Gasteiger partial charge in [0, 0.05) is 24.8 Å². The van der Waals surface area contributed by atoms with Gasteiger partial charge >= 0.3 is 0 Å². The minimum absolute atomic E-state index is 0. The summed E-state index contributed by atoms with van der Waals surface area (Å²) in [6.07, 6.45) is 0.508. The second-order valence-corrected chi connectivity index (χ2v) is 2.73. The monoisotopic (exact) mass is 194 g/mol. The van der Waals surface area contributed by atoms with E-state index in [-0.39, 0.29) is 13.3 Å². The van der Waals surface area contributed by atoms with Crippen molar-refractivity contribution < 1.29 is 4.79 Å². The van der Waals surface area contributed by atoms with Crippen LogP contribution in [0.2, 0.25) is 0 Å². The van der Waals surface area contributed by atoms with Crippen LogP contribution in [0.1, 0.15) is 20.8 Å². The van der Waals surface area contributed by atoms with E-state index in [1.807, 2.05) is 38.2 Å². The van der Waals surface area contributed by atoms with Crippen molar-refractivity contribution in [3.8, 4) is 0 Å². The van der Waals surface area contributed by atoms with Gasteiger partial charge in [0.25, 0.3) is 0 Å². The van der Waals surface area contributed by atoms with Crippen molar-refractivity contribution in [3.63, 3.8) is 0 Å². The van der Waals surface area contributed by atoms with E-state index in [0.717, 1.165) is 11.4 Å². The maximum atomic E-state index is 11.0. The van der Waals surface area contributed by atoms with Crippen molar-refractivity contribution in [1.29, 1.82) is 0 Å². The highest BCUT2D eigenvalue weighted by atomic mass is 16.1. The molecule has 1 aromatic carbocycles. The Labute approximate surface area is 85.5 Å². The summed E-state index contributed by atoms with van der Waals surface area (Å²) in [5.74, 6) is 0.0391. The summed E-state index contributed by atoms with van der Waals surface area (Å²) in [7, 11) is 1.86. The standard InChI is InChI=1S/C10H14N2O.CH4/c1-3-10(13)12-9-6-4-8(11-2)5-7-9;/h4-7,11H,3H2,1-2H3,(H,12,13);1H4. The third kappa shape index (κ3) is 3.47. The number of rotatable bonds is 3. The van der Waals surface area contributed by atoms with E-state index in [2.05, 4.69) is 10.6 Å². The van der Waals surface area contributed by atoms with Gasteiger partial charge in [-0.05, 0) is 24.3 Å². The van der Waals surface area contributed by atoms with Gasteiger partial charge in [0.15, 0.2) is 0 Å². The van der Waals surface area contributed by atoms with Crippen molar-refractivity contribution in [2.45, 2.75) is 20.8 Å². The molecule has 0 fully saturated rings. The average Bonchev–Trinajstić information content (AvgIpc) is 2.19. The average molecular weight is 194 g/mol. The molecule has 0 saturated carbocycles. The number of carbonyl (C=O) groups is 1. The zero-order chi connectivity index (χ0) is 9.68. The predicted molar refractivity (Wildman–Crippen MR) is 61.6 cm³/mol. The van der Waals surface area contributed by atoms with Gasteiger partial charge in [-0.15, -0.1) is 0 Å². The van der Waals surface area contributed by atoms with E-state index in [4.69, 9.17) is 0 Å². The zero-order valence-electron chi connectivity index (χ0n) is 7.92. The molecule has 1 rings (SSSR count). The van der Waals surface area contributed by atoms with E-state index in [1.165, 1.54) is 0 Å². The van der Waals surface area contributed by atoms with Crippen LogP contribution in [0.15, 0.2) is 24.3 Å². The number of amides is 1. The molecule has 0 aliphatic rings. The first-order chi connectivity index (χ1) is 6.26. The molecule has 1 amide bonds. The van der Waals surface area contributed by atoms with Crippen LogP contribution < -0.4 is 10.6 Å². The summed E-state index contributed by atoms with van der Waals surface area (Å²) in [6.45, 7) is 1.83. The smallest absolute Gasteiger partial charge is 0.224 e. The molecule has 0 aliphatic carbocycles. The molecule has 0 spiro atoms. The van der Waals surface area contributed by atoms with Crippen LogP contribution >= 0.6 is 0 Å². The number of anilines is 2. The summed E-state index contributed by atoms with van der Waals surface area (Å²) in [4.78, 5) is 11.0. The van der Waals surface area contributed by atoms with Gasteiger partial charge in [0.2, 0.25) is 5.91 Å². The molecular weight excluding hydrogens is 176 g/mol. The lowest BCUT2D eigenvalue weighted by atomic mass is 10.2. The molecule has 14 heavy (non-hydrogen) atoms. The number of hydrogen-bond donors (Lipinski definition) is 2. The fourth-order valence-corrected chi connectivity index (χ4v) is 0.970. The lowest BCUT2D eigenvalue weighted by Crippen LogP contribution is -2.09. The Morgan fingerprint density at radius 1 is 1.21 bits per heavy atom. The first kappa shape index (κ1) is 12.5. The molecule has 0 heterocycles. The lowest BCUT2D eigenvalue weighted by Gasteiger charge is -2.04. The molecule has 78 valence electrons. The van der Waals surface area contributed by atoms with Gasteiger partial charge in [0.05, 0.1) is 0 Å². The van der Waals surface area contributed by atoms with Gasteiger partial charge in [-0.2, -0.15) is 0 Å². The minimum atomic E-state index is 0. The number of nitrogens with one attached hydrogen (secondary N) is 2. The van der Waals surface area contributed by atoms with E-state index in [0.29, 0.717) is 6.42 Å². The maximum absolute atomic E-state index is 11.0. The van der Waals surface area contributed by atoms with Crippen LogP contribution in [0.25, 0.3) is 0 Å². The van der Waals surface area contributed by atoms with E-state index in [1.54, 1.807) is 0 Å². The largest absolute Gasteiger partial charge is 0.388 e. The van der Waals surface area contributed by atoms with Crippen molar-refractivity contribution in [2.75, 3.05) is 17.7 Å². The van der Waals surface area contributed by atoms with Crippen LogP contribution in [0.3, 0.4) is 0 Å². The molecule has 1 aromatic rings. The number of benzene rings is 1. The molecule has 2 N–H and O–H groups in total. The highest BCUT2D eigenvalue weighted by Gasteiger charge is 1.97. The Morgan fingerprint density at radius 2 is 1.71 bits per heavy atom. The quantitative estimate of drug-likeness (QED) is 0.776. The van der Waals surface area contributed by atoms with Crippen LogP contribution in [0.5, 0.6) is 0 Å². The van der Waals surface area contributed by atoms with E-state index < -0.39 is 0 Å². The highest BCUT2D eigenvalue weighted by molar-refractivity contribution is 5.90. The normalized spacial score (nSPS) is 8.71. The van der Waals surface area contributed by atoms with E-state index in [9.17, 15) is 4.79 Å². The first-order valence-electron chi connectivity index (χ1n) is 4.34. The Bertz CT molecular complexity index is 280. The van der Waals surface area contributed by atoms with Gasteiger partial charge in [-0.25, -0.2) is 0 Å². The van der Waals surface area contributed by atoms with Crippen LogP contribution in [0.4, 0.5) is 11.4 Å². The van der Waals surface area contributed by atoms with Crippen molar-refractivity contribution in [3.05, 3.63) is 24.3 Å².